The lowest BCUT2D eigenvalue weighted by atomic mass is 10.0. The summed E-state index contributed by atoms with van der Waals surface area (Å²) < 4.78 is 5.51. The number of hydrogen-bond donors (Lipinski definition) is 3. The number of nitrogens with one attached hydrogen (secondary N) is 3. The van der Waals surface area contributed by atoms with Gasteiger partial charge in [0.05, 0.1) is 11.7 Å². The molecule has 0 aliphatic rings. The van der Waals surface area contributed by atoms with Crippen LogP contribution in [0, 0.1) is 0 Å². The summed E-state index contributed by atoms with van der Waals surface area (Å²) in [6.07, 6.45) is 13.4. The highest BCUT2D eigenvalue weighted by molar-refractivity contribution is 5.83. The second-order valence-corrected chi connectivity index (χ2v) is 9.41. The van der Waals surface area contributed by atoms with Crippen LogP contribution in [-0.4, -0.2) is 39.2 Å². The van der Waals surface area contributed by atoms with Crippen LogP contribution in [0.25, 0.3) is 23.1 Å². The number of amides is 1. The number of nitrogens with zero attached hydrogens (tertiary/aromatic N) is 2. The van der Waals surface area contributed by atoms with Gasteiger partial charge in [-0.1, -0.05) is 30.4 Å². The fourth-order valence-corrected chi connectivity index (χ4v) is 3.77. The lowest BCUT2D eigenvalue weighted by molar-refractivity contribution is 0.0507. The molecular weight excluding hydrogens is 438 g/mol. The Morgan fingerprint density at radius 2 is 1.83 bits per heavy atom. The topological polar surface area (TPSA) is 91.9 Å². The van der Waals surface area contributed by atoms with Crippen LogP contribution in [0.15, 0.2) is 73.4 Å². The molecule has 0 radical (unpaired) electrons. The van der Waals surface area contributed by atoms with Crippen molar-refractivity contribution < 1.29 is 9.53 Å². The number of aromatic nitrogens is 3. The smallest absolute Gasteiger partial charge is 0.407 e. The molecule has 4 rings (SSSR count). The van der Waals surface area contributed by atoms with Crippen LogP contribution in [0.1, 0.15) is 37.5 Å². The fourth-order valence-electron chi connectivity index (χ4n) is 3.77. The Hall–Kier alpha value is -4.13. The molecule has 3 heterocycles. The summed E-state index contributed by atoms with van der Waals surface area (Å²) in [7, 11) is 0. The second-order valence-electron chi connectivity index (χ2n) is 9.41. The van der Waals surface area contributed by atoms with Gasteiger partial charge in [-0.3, -0.25) is 9.97 Å². The van der Waals surface area contributed by atoms with Gasteiger partial charge < -0.3 is 20.4 Å². The van der Waals surface area contributed by atoms with Crippen molar-refractivity contribution in [1.82, 2.24) is 20.3 Å². The van der Waals surface area contributed by atoms with Crippen molar-refractivity contribution in [2.24, 2.45) is 0 Å². The van der Waals surface area contributed by atoms with Gasteiger partial charge in [0.25, 0.3) is 0 Å². The quantitative estimate of drug-likeness (QED) is 0.309. The van der Waals surface area contributed by atoms with Crippen molar-refractivity contribution in [2.75, 3.05) is 11.9 Å². The molecule has 3 aromatic heterocycles. The van der Waals surface area contributed by atoms with Crippen LogP contribution in [0.4, 0.5) is 10.5 Å². The van der Waals surface area contributed by atoms with E-state index in [0.29, 0.717) is 13.0 Å². The van der Waals surface area contributed by atoms with Gasteiger partial charge in [-0.25, -0.2) is 4.79 Å². The Morgan fingerprint density at radius 1 is 1.06 bits per heavy atom. The molecule has 7 nitrogen and oxygen atoms in total. The number of hydrogen-bond acceptors (Lipinski definition) is 5. The summed E-state index contributed by atoms with van der Waals surface area (Å²) in [5, 5.41) is 7.60. The largest absolute Gasteiger partial charge is 0.444 e. The normalized spacial score (nSPS) is 12.5. The Balaban J connectivity index is 1.46. The molecule has 4 aromatic rings. The SMILES string of the molecule is CC(C)(C)OC(=O)N[C@H](CNc1cncc(/C=C/c2ccncc2)c1)Cc1c[nH]c2ccccc12. The number of carbonyl (C=O) groups excluding carboxylic acids is 1. The van der Waals surface area contributed by atoms with Gasteiger partial charge in [-0.05, 0) is 68.1 Å². The predicted octanol–water partition coefficient (Wildman–Crippen LogP) is 5.68. The minimum absolute atomic E-state index is 0.194. The summed E-state index contributed by atoms with van der Waals surface area (Å²) in [5.41, 5.74) is 4.55. The lowest BCUT2D eigenvalue weighted by Gasteiger charge is -2.24. The van der Waals surface area contributed by atoms with E-state index in [0.717, 1.165) is 33.3 Å². The van der Waals surface area contributed by atoms with Gasteiger partial charge in [0.2, 0.25) is 0 Å². The van der Waals surface area contributed by atoms with E-state index in [1.165, 1.54) is 0 Å². The average molecular weight is 470 g/mol. The third-order valence-corrected chi connectivity index (χ3v) is 5.35. The third-order valence-electron chi connectivity index (χ3n) is 5.35. The molecular formula is C28H31N5O2. The molecule has 1 amide bonds. The van der Waals surface area contributed by atoms with Crippen LogP contribution in [0.2, 0.25) is 0 Å². The van der Waals surface area contributed by atoms with Crippen LogP contribution in [-0.2, 0) is 11.2 Å². The van der Waals surface area contributed by atoms with Gasteiger partial charge in [-0.15, -0.1) is 0 Å². The molecule has 1 aromatic carbocycles. The maximum Gasteiger partial charge on any atom is 0.407 e. The Kier molecular flexibility index (Phi) is 7.45. The van der Waals surface area contributed by atoms with Gasteiger partial charge in [-0.2, -0.15) is 0 Å². The van der Waals surface area contributed by atoms with Crippen LogP contribution < -0.4 is 10.6 Å². The Bertz CT molecular complexity index is 1290. The van der Waals surface area contributed by atoms with Gasteiger partial charge in [0, 0.05) is 48.4 Å². The van der Waals surface area contributed by atoms with Gasteiger partial charge >= 0.3 is 6.09 Å². The first kappa shape index (κ1) is 24.0. The summed E-state index contributed by atoms with van der Waals surface area (Å²) in [4.78, 5) is 24.3. The lowest BCUT2D eigenvalue weighted by Crippen LogP contribution is -2.43. The van der Waals surface area contributed by atoms with Crippen LogP contribution in [0.5, 0.6) is 0 Å². The molecule has 0 saturated heterocycles. The Labute approximate surface area is 205 Å². The highest BCUT2D eigenvalue weighted by Gasteiger charge is 2.20. The molecule has 180 valence electrons. The number of H-pyrrole nitrogens is 1. The van der Waals surface area contributed by atoms with Gasteiger partial charge in [0.15, 0.2) is 0 Å². The fraction of sp³-hybridized carbons (Fsp3) is 0.250. The maximum absolute atomic E-state index is 12.6. The van der Waals surface area contributed by atoms with Gasteiger partial charge in [0.1, 0.15) is 5.60 Å². The number of ether oxygens (including phenoxy) is 1. The molecule has 0 bridgehead atoms. The average Bonchev–Trinajstić information content (AvgIpc) is 3.24. The van der Waals surface area contributed by atoms with Crippen molar-refractivity contribution in [3.05, 3.63) is 90.1 Å². The van der Waals surface area contributed by atoms with Crippen molar-refractivity contribution in [1.29, 1.82) is 0 Å². The van der Waals surface area contributed by atoms with Crippen LogP contribution >= 0.6 is 0 Å². The van der Waals surface area contributed by atoms with E-state index in [2.05, 4.69) is 31.7 Å². The molecule has 1 atom stereocenters. The minimum Gasteiger partial charge on any atom is -0.444 e. The second kappa shape index (κ2) is 10.9. The number of alkyl carbamates (subject to hydrolysis) is 1. The number of fused-ring (bicyclic) bond motifs is 1. The van der Waals surface area contributed by atoms with E-state index in [4.69, 9.17) is 4.74 Å². The molecule has 35 heavy (non-hydrogen) atoms. The molecule has 0 fully saturated rings. The molecule has 7 heteroatoms. The zero-order chi connectivity index (χ0) is 24.7. The third kappa shape index (κ3) is 7.17. The highest BCUT2D eigenvalue weighted by atomic mass is 16.6. The zero-order valence-corrected chi connectivity index (χ0v) is 20.3. The molecule has 3 N–H and O–H groups in total. The molecule has 0 spiro atoms. The zero-order valence-electron chi connectivity index (χ0n) is 20.3. The Morgan fingerprint density at radius 3 is 2.63 bits per heavy atom. The van der Waals surface area contributed by atoms with E-state index < -0.39 is 11.7 Å². The van der Waals surface area contributed by atoms with Crippen molar-refractivity contribution in [3.63, 3.8) is 0 Å². The van der Waals surface area contributed by atoms with E-state index in [1.54, 1.807) is 18.6 Å². The first-order valence-corrected chi connectivity index (χ1v) is 11.7. The molecule has 0 unspecified atom stereocenters. The van der Waals surface area contributed by atoms with Crippen LogP contribution in [0.3, 0.4) is 0 Å². The van der Waals surface area contributed by atoms with E-state index in [-0.39, 0.29) is 6.04 Å². The van der Waals surface area contributed by atoms with Crippen molar-refractivity contribution in [3.8, 4) is 0 Å². The summed E-state index contributed by atoms with van der Waals surface area (Å²) in [6, 6.07) is 13.9. The van der Waals surface area contributed by atoms with E-state index in [1.807, 2.05) is 81.7 Å². The molecule has 0 saturated carbocycles. The number of para-hydroxylation sites is 1. The molecule has 0 aliphatic heterocycles. The first-order chi connectivity index (χ1) is 16.9. The summed E-state index contributed by atoms with van der Waals surface area (Å²) >= 11 is 0. The monoisotopic (exact) mass is 469 g/mol. The number of anilines is 1. The summed E-state index contributed by atoms with van der Waals surface area (Å²) in [6.45, 7) is 6.08. The van der Waals surface area contributed by atoms with Crippen molar-refractivity contribution in [2.45, 2.75) is 38.8 Å². The minimum atomic E-state index is -0.567. The number of benzene rings is 1. The number of aromatic amines is 1. The maximum atomic E-state index is 12.6. The number of rotatable bonds is 8. The van der Waals surface area contributed by atoms with E-state index >= 15 is 0 Å². The van der Waals surface area contributed by atoms with Crippen molar-refractivity contribution >= 4 is 34.8 Å². The van der Waals surface area contributed by atoms with E-state index in [9.17, 15) is 4.79 Å². The number of carbonyl (C=O) groups is 1. The standard InChI is InChI=1S/C28H31N5O2/c1-28(2,3)35-27(34)33-24(15-22-17-32-26-7-5-4-6-25(22)26)19-31-23-14-21(16-30-18-23)9-8-20-10-12-29-13-11-20/h4-14,16-18,24,31-32H,15,19H2,1-3H3,(H,33,34)/b9-8+/t24-/m0/s1. The molecule has 0 aliphatic carbocycles. The summed E-state index contributed by atoms with van der Waals surface area (Å²) in [5.74, 6) is 0. The first-order valence-electron chi connectivity index (χ1n) is 11.7. The highest BCUT2D eigenvalue weighted by Crippen LogP contribution is 2.20. The predicted molar refractivity (Wildman–Crippen MR) is 141 cm³/mol. The number of pyridine rings is 2.